The van der Waals surface area contributed by atoms with E-state index < -0.39 is 5.91 Å². The molecule has 0 bridgehead atoms. The molecule has 0 spiro atoms. The van der Waals surface area contributed by atoms with Gasteiger partial charge in [-0.3, -0.25) is 14.9 Å². The first-order valence-corrected chi connectivity index (χ1v) is 6.62. The first-order chi connectivity index (χ1) is 9.11. The van der Waals surface area contributed by atoms with E-state index in [0.717, 1.165) is 30.5 Å². The second-order valence-electron chi connectivity index (χ2n) is 5.44. The van der Waals surface area contributed by atoms with Crippen molar-refractivity contribution in [1.82, 2.24) is 10.4 Å². The molecule has 0 radical (unpaired) electrons. The van der Waals surface area contributed by atoms with E-state index in [2.05, 4.69) is 11.8 Å². The van der Waals surface area contributed by atoms with Crippen LogP contribution in [0.15, 0.2) is 12.1 Å². The number of benzene rings is 1. The summed E-state index contributed by atoms with van der Waals surface area (Å²) < 4.78 is 14.3. The molecule has 1 aromatic rings. The van der Waals surface area contributed by atoms with E-state index in [-0.39, 0.29) is 17.3 Å². The molecule has 2 atom stereocenters. The number of nitrogens with zero attached hydrogens (tertiary/aromatic N) is 1. The highest BCUT2D eigenvalue weighted by Crippen LogP contribution is 2.40. The largest absolute Gasteiger partial charge is 0.296 e. The Morgan fingerprint density at radius 2 is 2.32 bits per heavy atom. The quantitative estimate of drug-likeness (QED) is 0.603. The van der Waals surface area contributed by atoms with Gasteiger partial charge in [0.15, 0.2) is 0 Å². The molecule has 0 saturated carbocycles. The zero-order chi connectivity index (χ0) is 13.6. The number of carbonyl (C=O) groups is 1. The van der Waals surface area contributed by atoms with E-state index in [1.807, 2.05) is 0 Å². The van der Waals surface area contributed by atoms with Gasteiger partial charge in [0.05, 0.1) is 0 Å². The summed E-state index contributed by atoms with van der Waals surface area (Å²) in [4.78, 5) is 13.8. The molecule has 2 N–H and O–H groups in total. The summed E-state index contributed by atoms with van der Waals surface area (Å²) in [6.07, 6.45) is 2.26. The van der Waals surface area contributed by atoms with Crippen molar-refractivity contribution in [2.75, 3.05) is 6.54 Å². The molecule has 0 aromatic heterocycles. The molecule has 3 rings (SSSR count). The number of amides is 1. The Hall–Kier alpha value is -1.46. The normalized spacial score (nSPS) is 25.8. The van der Waals surface area contributed by atoms with Crippen LogP contribution in [0, 0.1) is 5.82 Å². The highest BCUT2D eigenvalue weighted by Gasteiger charge is 2.37. The fourth-order valence-corrected chi connectivity index (χ4v) is 3.54. The molecule has 2 aliphatic rings. The third-order valence-corrected chi connectivity index (χ3v) is 4.40. The van der Waals surface area contributed by atoms with Crippen molar-refractivity contribution in [3.8, 4) is 0 Å². The van der Waals surface area contributed by atoms with Gasteiger partial charge in [0, 0.05) is 18.2 Å². The molecule has 19 heavy (non-hydrogen) atoms. The number of hydroxylamine groups is 1. The van der Waals surface area contributed by atoms with E-state index >= 15 is 0 Å². The number of hydrogen-bond donors (Lipinski definition) is 2. The molecule has 102 valence electrons. The van der Waals surface area contributed by atoms with Crippen LogP contribution in [0.1, 0.15) is 47.2 Å². The summed E-state index contributed by atoms with van der Waals surface area (Å²) in [5, 5.41) is 8.65. The van der Waals surface area contributed by atoms with Gasteiger partial charge in [-0.25, -0.2) is 9.87 Å². The molecule has 1 aromatic carbocycles. The standard InChI is InChI=1S/C14H17FN2O2/c1-8-12-3-2-4-17(12)7-10-5-9(14(18)16-19)6-11(15)13(8)10/h5-6,8,12,19H,2-4,7H2,1H3,(H,16,18)/t8-,12-/m1/s1. The van der Waals surface area contributed by atoms with Crippen LogP contribution in [-0.2, 0) is 6.54 Å². The van der Waals surface area contributed by atoms with Gasteiger partial charge in [-0.2, -0.15) is 0 Å². The fraction of sp³-hybridized carbons (Fsp3) is 0.500. The average molecular weight is 264 g/mol. The summed E-state index contributed by atoms with van der Waals surface area (Å²) in [7, 11) is 0. The minimum absolute atomic E-state index is 0.150. The Labute approximate surface area is 111 Å². The second-order valence-corrected chi connectivity index (χ2v) is 5.44. The van der Waals surface area contributed by atoms with Crippen molar-refractivity contribution >= 4 is 5.91 Å². The average Bonchev–Trinajstić information content (AvgIpc) is 2.85. The zero-order valence-electron chi connectivity index (χ0n) is 10.8. The van der Waals surface area contributed by atoms with Gasteiger partial charge in [-0.1, -0.05) is 6.92 Å². The minimum Gasteiger partial charge on any atom is -0.296 e. The molecule has 5 heteroatoms. The molecule has 1 fully saturated rings. The van der Waals surface area contributed by atoms with Crippen LogP contribution < -0.4 is 5.48 Å². The van der Waals surface area contributed by atoms with Crippen LogP contribution in [-0.4, -0.2) is 28.6 Å². The summed E-state index contributed by atoms with van der Waals surface area (Å²) in [6, 6.07) is 3.32. The predicted molar refractivity (Wildman–Crippen MR) is 67.5 cm³/mol. The molecule has 2 heterocycles. The maximum Gasteiger partial charge on any atom is 0.274 e. The number of rotatable bonds is 1. The molecule has 4 nitrogen and oxygen atoms in total. The number of fused-ring (bicyclic) bond motifs is 2. The van der Waals surface area contributed by atoms with Gasteiger partial charge in [-0.05, 0) is 48.6 Å². The second kappa shape index (κ2) is 4.58. The summed E-state index contributed by atoms with van der Waals surface area (Å²) in [5.74, 6) is -0.856. The van der Waals surface area contributed by atoms with E-state index in [0.29, 0.717) is 12.6 Å². The highest BCUT2D eigenvalue weighted by atomic mass is 19.1. The lowest BCUT2D eigenvalue weighted by Gasteiger charge is -2.37. The van der Waals surface area contributed by atoms with E-state index in [1.165, 1.54) is 6.07 Å². The smallest absolute Gasteiger partial charge is 0.274 e. The lowest BCUT2D eigenvalue weighted by atomic mass is 9.83. The number of nitrogens with one attached hydrogen (secondary N) is 1. The molecular formula is C14H17FN2O2. The highest BCUT2D eigenvalue weighted by molar-refractivity contribution is 5.93. The molecule has 1 saturated heterocycles. The Morgan fingerprint density at radius 3 is 3.05 bits per heavy atom. The summed E-state index contributed by atoms with van der Waals surface area (Å²) >= 11 is 0. The van der Waals surface area contributed by atoms with Crippen molar-refractivity contribution in [3.05, 3.63) is 34.6 Å². The summed E-state index contributed by atoms with van der Waals surface area (Å²) in [6.45, 7) is 3.77. The minimum atomic E-state index is -0.669. The first kappa shape index (κ1) is 12.6. The van der Waals surface area contributed by atoms with Gasteiger partial charge in [0.2, 0.25) is 0 Å². The zero-order valence-corrected chi connectivity index (χ0v) is 10.8. The van der Waals surface area contributed by atoms with Crippen LogP contribution in [0.25, 0.3) is 0 Å². The number of hydrogen-bond acceptors (Lipinski definition) is 3. The van der Waals surface area contributed by atoms with Crippen LogP contribution in [0.4, 0.5) is 4.39 Å². The van der Waals surface area contributed by atoms with Crippen molar-refractivity contribution < 1.29 is 14.4 Å². The van der Waals surface area contributed by atoms with Crippen LogP contribution in [0.3, 0.4) is 0 Å². The van der Waals surface area contributed by atoms with Crippen LogP contribution >= 0.6 is 0 Å². The maximum atomic E-state index is 14.3. The van der Waals surface area contributed by atoms with Gasteiger partial charge >= 0.3 is 0 Å². The Morgan fingerprint density at radius 1 is 1.53 bits per heavy atom. The van der Waals surface area contributed by atoms with Crippen LogP contribution in [0.2, 0.25) is 0 Å². The van der Waals surface area contributed by atoms with Crippen molar-refractivity contribution in [1.29, 1.82) is 0 Å². The molecule has 0 unspecified atom stereocenters. The third-order valence-electron chi connectivity index (χ3n) is 4.40. The van der Waals surface area contributed by atoms with Crippen LogP contribution in [0.5, 0.6) is 0 Å². The van der Waals surface area contributed by atoms with Crippen molar-refractivity contribution in [2.45, 2.75) is 38.3 Å². The van der Waals surface area contributed by atoms with Gasteiger partial charge in [-0.15, -0.1) is 0 Å². The lowest BCUT2D eigenvalue weighted by Crippen LogP contribution is -2.38. The molecular weight excluding hydrogens is 247 g/mol. The van der Waals surface area contributed by atoms with E-state index in [9.17, 15) is 9.18 Å². The van der Waals surface area contributed by atoms with Crippen molar-refractivity contribution in [2.24, 2.45) is 0 Å². The first-order valence-electron chi connectivity index (χ1n) is 6.62. The van der Waals surface area contributed by atoms with Gasteiger partial charge < -0.3 is 0 Å². The Bertz CT molecular complexity index is 532. The third kappa shape index (κ3) is 1.93. The predicted octanol–water partition coefficient (Wildman–Crippen LogP) is 2.03. The maximum absolute atomic E-state index is 14.3. The van der Waals surface area contributed by atoms with Crippen molar-refractivity contribution in [3.63, 3.8) is 0 Å². The van der Waals surface area contributed by atoms with E-state index in [1.54, 1.807) is 11.5 Å². The molecule has 1 amide bonds. The van der Waals surface area contributed by atoms with E-state index in [4.69, 9.17) is 5.21 Å². The molecule has 2 aliphatic heterocycles. The Balaban J connectivity index is 2.06. The lowest BCUT2D eigenvalue weighted by molar-refractivity contribution is 0.0705. The summed E-state index contributed by atoms with van der Waals surface area (Å²) in [5.41, 5.74) is 3.32. The van der Waals surface area contributed by atoms with Gasteiger partial charge in [0.1, 0.15) is 5.82 Å². The Kier molecular flexibility index (Phi) is 3.03. The number of carbonyl (C=O) groups excluding carboxylic acids is 1. The topological polar surface area (TPSA) is 52.6 Å². The fourth-order valence-electron chi connectivity index (χ4n) is 3.54. The molecule has 0 aliphatic carbocycles. The number of halogens is 1. The van der Waals surface area contributed by atoms with Gasteiger partial charge in [0.25, 0.3) is 5.91 Å². The monoisotopic (exact) mass is 264 g/mol. The SMILES string of the molecule is C[C@H]1c2c(F)cc(C(=O)NO)cc2CN2CCC[C@H]12.